The first-order chi connectivity index (χ1) is 16.6. The number of aromatic nitrogens is 3. The van der Waals surface area contributed by atoms with E-state index < -0.39 is 12.3 Å². The van der Waals surface area contributed by atoms with Crippen molar-refractivity contribution in [3.8, 4) is 21.9 Å². The molecule has 4 aromatic rings. The van der Waals surface area contributed by atoms with Crippen LogP contribution in [0.3, 0.4) is 0 Å². The molecule has 0 unspecified atom stereocenters. The Balaban J connectivity index is 1.66. The minimum atomic E-state index is -4.78. The number of pyridine rings is 1. The van der Waals surface area contributed by atoms with Crippen molar-refractivity contribution in [1.29, 1.82) is 0 Å². The van der Waals surface area contributed by atoms with E-state index in [4.69, 9.17) is 0 Å². The summed E-state index contributed by atoms with van der Waals surface area (Å²) in [6, 6.07) is 12.4. The Morgan fingerprint density at radius 3 is 2.54 bits per heavy atom. The van der Waals surface area contributed by atoms with Gasteiger partial charge in [0.05, 0.1) is 5.69 Å². The fraction of sp³-hybridized carbons (Fsp3) is 0.208. The third kappa shape index (κ3) is 5.99. The van der Waals surface area contributed by atoms with Gasteiger partial charge < -0.3 is 15.2 Å². The van der Waals surface area contributed by atoms with Gasteiger partial charge >= 0.3 is 12.3 Å². The zero-order chi connectivity index (χ0) is 25.2. The van der Waals surface area contributed by atoms with Gasteiger partial charge in [0.15, 0.2) is 5.82 Å². The molecule has 35 heavy (non-hydrogen) atoms. The SMILES string of the molecule is CC(C)Cc1cc(Nc2ncc(-c3cccs3)cc2C(=O)O)nn1-c1ccc(OC(F)(F)F)cc1. The fourth-order valence-corrected chi connectivity index (χ4v) is 4.19. The molecule has 4 rings (SSSR count). The smallest absolute Gasteiger partial charge is 0.478 e. The molecular weight excluding hydrogens is 481 g/mol. The van der Waals surface area contributed by atoms with E-state index in [1.807, 2.05) is 31.4 Å². The topological polar surface area (TPSA) is 89.3 Å². The van der Waals surface area contributed by atoms with Gasteiger partial charge in [0.2, 0.25) is 0 Å². The van der Waals surface area contributed by atoms with Crippen molar-refractivity contribution < 1.29 is 27.8 Å². The summed E-state index contributed by atoms with van der Waals surface area (Å²) in [6.07, 6.45) is -2.56. The lowest BCUT2D eigenvalue weighted by Gasteiger charge is -2.11. The molecule has 0 saturated heterocycles. The summed E-state index contributed by atoms with van der Waals surface area (Å²) >= 11 is 1.48. The number of hydrogen-bond donors (Lipinski definition) is 2. The molecule has 3 heterocycles. The van der Waals surface area contributed by atoms with Crippen molar-refractivity contribution in [3.63, 3.8) is 0 Å². The number of carbonyl (C=O) groups is 1. The second-order valence-corrected chi connectivity index (χ2v) is 9.05. The van der Waals surface area contributed by atoms with Gasteiger partial charge in [0.25, 0.3) is 0 Å². The fourth-order valence-electron chi connectivity index (χ4n) is 3.48. The molecule has 0 spiro atoms. The number of anilines is 2. The number of ether oxygens (including phenoxy) is 1. The highest BCUT2D eigenvalue weighted by molar-refractivity contribution is 7.13. The summed E-state index contributed by atoms with van der Waals surface area (Å²) in [5.41, 5.74) is 2.00. The van der Waals surface area contributed by atoms with Gasteiger partial charge in [-0.25, -0.2) is 14.5 Å². The molecule has 182 valence electrons. The number of carboxylic acids is 1. The van der Waals surface area contributed by atoms with Crippen molar-refractivity contribution in [2.45, 2.75) is 26.6 Å². The number of carboxylic acid groups (broad SMARTS) is 1. The molecule has 3 aromatic heterocycles. The Labute approximate surface area is 202 Å². The number of aromatic carboxylic acids is 1. The molecule has 0 radical (unpaired) electrons. The summed E-state index contributed by atoms with van der Waals surface area (Å²) in [6.45, 7) is 4.05. The maximum atomic E-state index is 12.5. The Morgan fingerprint density at radius 1 is 1.20 bits per heavy atom. The van der Waals surface area contributed by atoms with E-state index in [2.05, 4.69) is 20.1 Å². The first-order valence-electron chi connectivity index (χ1n) is 10.6. The lowest BCUT2D eigenvalue weighted by Crippen LogP contribution is -2.17. The normalized spacial score (nSPS) is 11.6. The maximum absolute atomic E-state index is 12.5. The monoisotopic (exact) mass is 502 g/mol. The zero-order valence-corrected chi connectivity index (χ0v) is 19.5. The first-order valence-corrected chi connectivity index (χ1v) is 11.5. The largest absolute Gasteiger partial charge is 0.573 e. The van der Waals surface area contributed by atoms with Crippen LogP contribution in [0, 0.1) is 5.92 Å². The summed E-state index contributed by atoms with van der Waals surface area (Å²) in [4.78, 5) is 17.1. The van der Waals surface area contributed by atoms with E-state index in [-0.39, 0.29) is 23.0 Å². The third-order valence-corrected chi connectivity index (χ3v) is 5.80. The molecule has 0 amide bonds. The van der Waals surface area contributed by atoms with Crippen LogP contribution in [0.5, 0.6) is 5.75 Å². The van der Waals surface area contributed by atoms with E-state index >= 15 is 0 Å². The highest BCUT2D eigenvalue weighted by Crippen LogP contribution is 2.29. The summed E-state index contributed by atoms with van der Waals surface area (Å²) in [7, 11) is 0. The number of alkyl halides is 3. The predicted molar refractivity (Wildman–Crippen MR) is 127 cm³/mol. The third-order valence-electron chi connectivity index (χ3n) is 4.89. The molecule has 0 aliphatic heterocycles. The number of benzene rings is 1. The average molecular weight is 503 g/mol. The predicted octanol–water partition coefficient (Wildman–Crippen LogP) is 6.53. The minimum absolute atomic E-state index is 0.00971. The zero-order valence-electron chi connectivity index (χ0n) is 18.7. The van der Waals surface area contributed by atoms with Gasteiger partial charge in [-0.2, -0.15) is 0 Å². The second kappa shape index (κ2) is 9.79. The van der Waals surface area contributed by atoms with Crippen LogP contribution in [-0.4, -0.2) is 32.2 Å². The van der Waals surface area contributed by atoms with Gasteiger partial charge in [-0.05, 0) is 54.1 Å². The van der Waals surface area contributed by atoms with Gasteiger partial charge in [-0.3, -0.25) is 0 Å². The van der Waals surface area contributed by atoms with Crippen LogP contribution in [0.4, 0.5) is 24.8 Å². The van der Waals surface area contributed by atoms with E-state index in [0.29, 0.717) is 23.5 Å². The number of nitrogens with zero attached hydrogens (tertiary/aromatic N) is 3. The standard InChI is InChI=1S/C24H21F3N4O3S/c1-14(2)10-17-12-21(30-31(17)16-5-7-18(8-6-16)34-24(25,26)27)29-22-19(23(32)33)11-15(13-28-22)20-4-3-9-35-20/h3-9,11-14H,10H2,1-2H3,(H,32,33)(H,28,29,30). The van der Waals surface area contributed by atoms with E-state index in [0.717, 1.165) is 10.6 Å². The molecule has 11 heteroatoms. The van der Waals surface area contributed by atoms with Crippen LogP contribution in [-0.2, 0) is 6.42 Å². The summed E-state index contributed by atoms with van der Waals surface area (Å²) in [5, 5.41) is 19.1. The summed E-state index contributed by atoms with van der Waals surface area (Å²) in [5.74, 6) is -0.717. The molecule has 0 bridgehead atoms. The molecule has 0 aliphatic carbocycles. The van der Waals surface area contributed by atoms with E-state index in [1.165, 1.54) is 35.6 Å². The highest BCUT2D eigenvalue weighted by atomic mass is 32.1. The molecule has 7 nitrogen and oxygen atoms in total. The maximum Gasteiger partial charge on any atom is 0.573 e. The van der Waals surface area contributed by atoms with Crippen LogP contribution in [0.2, 0.25) is 0 Å². The van der Waals surface area contributed by atoms with Crippen LogP contribution < -0.4 is 10.1 Å². The Morgan fingerprint density at radius 2 is 1.94 bits per heavy atom. The van der Waals surface area contributed by atoms with Crippen molar-refractivity contribution >= 4 is 28.9 Å². The van der Waals surface area contributed by atoms with Crippen molar-refractivity contribution in [2.75, 3.05) is 5.32 Å². The molecule has 0 fully saturated rings. The highest BCUT2D eigenvalue weighted by Gasteiger charge is 2.31. The lowest BCUT2D eigenvalue weighted by atomic mass is 10.1. The summed E-state index contributed by atoms with van der Waals surface area (Å²) < 4.78 is 43.0. The lowest BCUT2D eigenvalue weighted by molar-refractivity contribution is -0.274. The quantitative estimate of drug-likeness (QED) is 0.285. The molecule has 0 atom stereocenters. The molecule has 2 N–H and O–H groups in total. The Bertz CT molecular complexity index is 1320. The number of rotatable bonds is 8. The second-order valence-electron chi connectivity index (χ2n) is 8.10. The van der Waals surface area contributed by atoms with E-state index in [1.54, 1.807) is 23.0 Å². The van der Waals surface area contributed by atoms with Gasteiger partial charge in [-0.15, -0.1) is 29.6 Å². The minimum Gasteiger partial charge on any atom is -0.478 e. The Hall–Kier alpha value is -3.86. The van der Waals surface area contributed by atoms with Crippen LogP contribution in [0.1, 0.15) is 29.9 Å². The van der Waals surface area contributed by atoms with Gasteiger partial charge in [0.1, 0.15) is 17.1 Å². The van der Waals surface area contributed by atoms with Crippen molar-refractivity contribution in [2.24, 2.45) is 5.92 Å². The average Bonchev–Trinajstić information content (AvgIpc) is 3.43. The molecule has 1 aromatic carbocycles. The van der Waals surface area contributed by atoms with E-state index in [9.17, 15) is 23.1 Å². The first kappa shape index (κ1) is 24.3. The van der Waals surface area contributed by atoms with Crippen molar-refractivity contribution in [3.05, 3.63) is 71.4 Å². The van der Waals surface area contributed by atoms with Gasteiger partial charge in [0, 0.05) is 28.4 Å². The Kier molecular flexibility index (Phi) is 6.79. The van der Waals surface area contributed by atoms with Crippen molar-refractivity contribution in [1.82, 2.24) is 14.8 Å². The number of halogens is 3. The number of hydrogen-bond acceptors (Lipinski definition) is 6. The van der Waals surface area contributed by atoms with Gasteiger partial charge in [-0.1, -0.05) is 19.9 Å². The van der Waals surface area contributed by atoms with Crippen LogP contribution in [0.25, 0.3) is 16.1 Å². The number of nitrogens with one attached hydrogen (secondary N) is 1. The van der Waals surface area contributed by atoms with Crippen LogP contribution >= 0.6 is 11.3 Å². The molecule has 0 aliphatic rings. The molecule has 0 saturated carbocycles. The number of thiophene rings is 1. The molecular formula is C24H21F3N4O3S. The van der Waals surface area contributed by atoms with Crippen LogP contribution in [0.15, 0.2) is 60.1 Å².